The van der Waals surface area contributed by atoms with E-state index in [9.17, 15) is 8.78 Å². The van der Waals surface area contributed by atoms with Gasteiger partial charge < -0.3 is 10.5 Å². The first-order valence-electron chi connectivity index (χ1n) is 5.67. The molecule has 2 aromatic rings. The highest BCUT2D eigenvalue weighted by molar-refractivity contribution is 9.10. The third kappa shape index (κ3) is 3.52. The molecule has 19 heavy (non-hydrogen) atoms. The monoisotopic (exact) mass is 327 g/mol. The van der Waals surface area contributed by atoms with Crippen LogP contribution in [-0.2, 0) is 0 Å². The van der Waals surface area contributed by atoms with Gasteiger partial charge in [0.2, 0.25) is 0 Å². The van der Waals surface area contributed by atoms with Crippen LogP contribution >= 0.6 is 15.9 Å². The van der Waals surface area contributed by atoms with Crippen molar-refractivity contribution in [1.82, 2.24) is 0 Å². The lowest BCUT2D eigenvalue weighted by Crippen LogP contribution is -2.19. The van der Waals surface area contributed by atoms with E-state index in [0.717, 1.165) is 28.2 Å². The predicted molar refractivity (Wildman–Crippen MR) is 72.9 cm³/mol. The van der Waals surface area contributed by atoms with Crippen LogP contribution in [0.4, 0.5) is 8.78 Å². The zero-order chi connectivity index (χ0) is 13.8. The maximum atomic E-state index is 13.1. The lowest BCUT2D eigenvalue weighted by atomic mass is 10.1. The van der Waals surface area contributed by atoms with Gasteiger partial charge in [-0.2, -0.15) is 0 Å². The average molecular weight is 328 g/mol. The quantitative estimate of drug-likeness (QED) is 0.926. The molecule has 0 fully saturated rings. The highest BCUT2D eigenvalue weighted by Gasteiger charge is 2.15. The Balaban J connectivity index is 2.26. The third-order valence-electron chi connectivity index (χ3n) is 2.58. The Hall–Kier alpha value is -1.46. The van der Waals surface area contributed by atoms with Gasteiger partial charge in [-0.1, -0.05) is 34.1 Å². The van der Waals surface area contributed by atoms with Crippen LogP contribution in [0.25, 0.3) is 0 Å². The van der Waals surface area contributed by atoms with Gasteiger partial charge in [0.15, 0.2) is 0 Å². The molecular weight excluding hydrogens is 316 g/mol. The Kier molecular flexibility index (Phi) is 4.50. The molecule has 1 unspecified atom stereocenters. The fourth-order valence-electron chi connectivity index (χ4n) is 1.74. The molecule has 0 bridgehead atoms. The molecule has 0 aromatic heterocycles. The van der Waals surface area contributed by atoms with E-state index >= 15 is 0 Å². The first-order valence-corrected chi connectivity index (χ1v) is 6.46. The van der Waals surface area contributed by atoms with E-state index in [1.807, 2.05) is 24.3 Å². The molecule has 1 atom stereocenters. The molecule has 0 saturated heterocycles. The summed E-state index contributed by atoms with van der Waals surface area (Å²) in [5.41, 5.74) is 6.49. The molecule has 0 aliphatic carbocycles. The minimum atomic E-state index is -0.683. The summed E-state index contributed by atoms with van der Waals surface area (Å²) in [6.07, 6.45) is -0.475. The van der Waals surface area contributed by atoms with Crippen LogP contribution in [-0.4, -0.2) is 6.54 Å². The molecule has 2 nitrogen and oxygen atoms in total. The predicted octanol–water partition coefficient (Wildman–Crippen LogP) is 3.81. The lowest BCUT2D eigenvalue weighted by Gasteiger charge is -2.19. The molecule has 2 N–H and O–H groups in total. The zero-order valence-electron chi connectivity index (χ0n) is 9.95. The molecular formula is C14H12BrF2NO. The van der Waals surface area contributed by atoms with E-state index in [4.69, 9.17) is 10.5 Å². The molecule has 0 amide bonds. The number of hydrogen-bond acceptors (Lipinski definition) is 2. The normalized spacial score (nSPS) is 12.2. The number of ether oxygens (including phenoxy) is 1. The van der Waals surface area contributed by atoms with Crippen LogP contribution in [0.5, 0.6) is 5.75 Å². The molecule has 0 spiro atoms. The Bertz CT molecular complexity index is 557. The van der Waals surface area contributed by atoms with Gasteiger partial charge in [-0.15, -0.1) is 0 Å². The van der Waals surface area contributed by atoms with E-state index in [0.29, 0.717) is 0 Å². The molecule has 0 aliphatic heterocycles. The minimum Gasteiger partial charge on any atom is -0.484 e. The van der Waals surface area contributed by atoms with Crippen LogP contribution in [0.3, 0.4) is 0 Å². The Morgan fingerprint density at radius 3 is 2.32 bits per heavy atom. The molecule has 0 heterocycles. The van der Waals surface area contributed by atoms with Crippen LogP contribution in [0.15, 0.2) is 46.9 Å². The second-order valence-corrected chi connectivity index (χ2v) is 4.82. The summed E-state index contributed by atoms with van der Waals surface area (Å²) in [7, 11) is 0. The topological polar surface area (TPSA) is 35.2 Å². The van der Waals surface area contributed by atoms with Gasteiger partial charge in [-0.25, -0.2) is 8.78 Å². The number of benzene rings is 2. The second-order valence-electron chi connectivity index (χ2n) is 3.97. The summed E-state index contributed by atoms with van der Waals surface area (Å²) in [6.45, 7) is 0.195. The van der Waals surface area contributed by atoms with Crippen LogP contribution in [0.1, 0.15) is 11.7 Å². The molecule has 2 rings (SSSR count). The van der Waals surface area contributed by atoms with Gasteiger partial charge in [-0.3, -0.25) is 0 Å². The summed E-state index contributed by atoms with van der Waals surface area (Å²) in [5.74, 6) is -1.25. The van der Waals surface area contributed by atoms with Crippen molar-refractivity contribution < 1.29 is 13.5 Å². The first-order chi connectivity index (χ1) is 9.10. The van der Waals surface area contributed by atoms with Crippen molar-refractivity contribution >= 4 is 15.9 Å². The van der Waals surface area contributed by atoms with Crippen molar-refractivity contribution in [2.24, 2.45) is 5.73 Å². The minimum absolute atomic E-state index is 0.115. The summed E-state index contributed by atoms with van der Waals surface area (Å²) in [5, 5.41) is 0. The Morgan fingerprint density at radius 1 is 1.11 bits per heavy atom. The van der Waals surface area contributed by atoms with E-state index in [1.54, 1.807) is 0 Å². The maximum absolute atomic E-state index is 13.1. The van der Waals surface area contributed by atoms with E-state index in [2.05, 4.69) is 15.9 Å². The second kappa shape index (κ2) is 6.12. The summed E-state index contributed by atoms with van der Waals surface area (Å²) >= 11 is 3.40. The van der Waals surface area contributed by atoms with Crippen molar-refractivity contribution in [1.29, 1.82) is 0 Å². The van der Waals surface area contributed by atoms with Crippen molar-refractivity contribution in [3.63, 3.8) is 0 Å². The third-order valence-corrected chi connectivity index (χ3v) is 3.30. The fraction of sp³-hybridized carbons (Fsp3) is 0.143. The largest absolute Gasteiger partial charge is 0.484 e. The summed E-state index contributed by atoms with van der Waals surface area (Å²) < 4.78 is 32.6. The standard InChI is InChI=1S/C14H12BrF2NO/c15-13-4-2-1-3-12(13)14(8-18)19-11-6-9(16)5-10(17)7-11/h1-7,14H,8,18H2. The Labute approximate surface area is 118 Å². The van der Waals surface area contributed by atoms with Gasteiger partial charge >= 0.3 is 0 Å². The highest BCUT2D eigenvalue weighted by atomic mass is 79.9. The molecule has 0 radical (unpaired) electrons. The lowest BCUT2D eigenvalue weighted by molar-refractivity contribution is 0.211. The van der Waals surface area contributed by atoms with Gasteiger partial charge in [0.25, 0.3) is 0 Å². The molecule has 0 saturated carbocycles. The molecule has 2 aromatic carbocycles. The summed E-state index contributed by atoms with van der Waals surface area (Å²) in [4.78, 5) is 0. The zero-order valence-corrected chi connectivity index (χ0v) is 11.5. The number of nitrogens with two attached hydrogens (primary N) is 1. The van der Waals surface area contributed by atoms with Gasteiger partial charge in [0.1, 0.15) is 23.5 Å². The smallest absolute Gasteiger partial charge is 0.137 e. The SMILES string of the molecule is NCC(Oc1cc(F)cc(F)c1)c1ccccc1Br. The van der Waals surface area contributed by atoms with Crippen LogP contribution < -0.4 is 10.5 Å². The van der Waals surface area contributed by atoms with Crippen LogP contribution in [0.2, 0.25) is 0 Å². The van der Waals surface area contributed by atoms with Gasteiger partial charge in [0.05, 0.1) is 0 Å². The number of halogens is 3. The van der Waals surface area contributed by atoms with Crippen molar-refractivity contribution in [2.75, 3.05) is 6.54 Å². The van der Waals surface area contributed by atoms with E-state index in [1.165, 1.54) is 0 Å². The van der Waals surface area contributed by atoms with Gasteiger partial charge in [0, 0.05) is 34.8 Å². The molecule has 100 valence electrons. The van der Waals surface area contributed by atoms with E-state index in [-0.39, 0.29) is 12.3 Å². The molecule has 5 heteroatoms. The Morgan fingerprint density at radius 2 is 1.74 bits per heavy atom. The van der Waals surface area contributed by atoms with Crippen molar-refractivity contribution in [3.05, 3.63) is 64.1 Å². The molecule has 0 aliphatic rings. The summed E-state index contributed by atoms with van der Waals surface area (Å²) in [6, 6.07) is 10.5. The highest BCUT2D eigenvalue weighted by Crippen LogP contribution is 2.27. The van der Waals surface area contributed by atoms with Crippen LogP contribution in [0, 0.1) is 11.6 Å². The van der Waals surface area contributed by atoms with Crippen molar-refractivity contribution in [3.8, 4) is 5.75 Å². The fourth-order valence-corrected chi connectivity index (χ4v) is 2.28. The van der Waals surface area contributed by atoms with Crippen molar-refractivity contribution in [2.45, 2.75) is 6.10 Å². The maximum Gasteiger partial charge on any atom is 0.137 e. The number of hydrogen-bond donors (Lipinski definition) is 1. The van der Waals surface area contributed by atoms with E-state index < -0.39 is 17.7 Å². The van der Waals surface area contributed by atoms with Gasteiger partial charge in [-0.05, 0) is 6.07 Å². The average Bonchev–Trinajstić information content (AvgIpc) is 2.36. The first kappa shape index (κ1) is 14.0. The number of rotatable bonds is 4.